The van der Waals surface area contributed by atoms with Crippen molar-refractivity contribution in [2.45, 2.75) is 45.6 Å². The summed E-state index contributed by atoms with van der Waals surface area (Å²) in [4.78, 5) is 44.4. The molecule has 8 heteroatoms. The van der Waals surface area contributed by atoms with Gasteiger partial charge in [0.1, 0.15) is 0 Å². The smallest absolute Gasteiger partial charge is 0.345 e. The van der Waals surface area contributed by atoms with Gasteiger partial charge in [0.2, 0.25) is 5.91 Å². The van der Waals surface area contributed by atoms with Crippen molar-refractivity contribution in [3.8, 4) is 0 Å². The van der Waals surface area contributed by atoms with E-state index < -0.39 is 0 Å². The number of nitrogens with one attached hydrogen (secondary N) is 2. The van der Waals surface area contributed by atoms with E-state index in [1.807, 2.05) is 6.92 Å². The summed E-state index contributed by atoms with van der Waals surface area (Å²) in [6.07, 6.45) is 3.96. The number of H-pyrrole nitrogens is 1. The van der Waals surface area contributed by atoms with Gasteiger partial charge in [0.05, 0.1) is 6.26 Å². The highest BCUT2D eigenvalue weighted by Gasteiger charge is 2.26. The predicted octanol–water partition coefficient (Wildman–Crippen LogP) is 1.33. The van der Waals surface area contributed by atoms with Crippen molar-refractivity contribution in [2.24, 2.45) is 0 Å². The third-order valence-electron chi connectivity index (χ3n) is 4.86. The summed E-state index contributed by atoms with van der Waals surface area (Å²) in [5, 5.41) is 3.01. The number of likely N-dealkylation sites (tertiary alicyclic amines) is 1. The van der Waals surface area contributed by atoms with Crippen LogP contribution < -0.4 is 11.0 Å². The van der Waals surface area contributed by atoms with Crippen molar-refractivity contribution in [1.29, 1.82) is 0 Å². The van der Waals surface area contributed by atoms with E-state index in [-0.39, 0.29) is 23.5 Å². The first kappa shape index (κ1) is 18.9. The van der Waals surface area contributed by atoms with Gasteiger partial charge in [-0.1, -0.05) is 0 Å². The molecule has 27 heavy (non-hydrogen) atoms. The summed E-state index contributed by atoms with van der Waals surface area (Å²) in [6, 6.07) is 3.26. The lowest BCUT2D eigenvalue weighted by Gasteiger charge is -2.32. The molecular weight excluding hydrogens is 348 g/mol. The lowest BCUT2D eigenvalue weighted by atomic mass is 10.0. The number of aryl methyl sites for hydroxylation is 2. The molecular formula is C19H24N4O4. The zero-order valence-corrected chi connectivity index (χ0v) is 15.6. The van der Waals surface area contributed by atoms with Gasteiger partial charge >= 0.3 is 5.69 Å². The van der Waals surface area contributed by atoms with Crippen molar-refractivity contribution in [3.63, 3.8) is 0 Å². The monoisotopic (exact) mass is 372 g/mol. The summed E-state index contributed by atoms with van der Waals surface area (Å²) in [5.41, 5.74) is 1.91. The number of rotatable bonds is 5. The maximum Gasteiger partial charge on any atom is 0.345 e. The Morgan fingerprint density at radius 3 is 2.93 bits per heavy atom. The van der Waals surface area contributed by atoms with Crippen LogP contribution >= 0.6 is 0 Å². The van der Waals surface area contributed by atoms with Gasteiger partial charge in [0, 0.05) is 36.9 Å². The maximum absolute atomic E-state index is 12.4. The largest absolute Gasteiger partial charge is 0.459 e. The Morgan fingerprint density at radius 1 is 1.41 bits per heavy atom. The molecule has 0 saturated carbocycles. The van der Waals surface area contributed by atoms with Crippen molar-refractivity contribution < 1.29 is 14.0 Å². The highest BCUT2D eigenvalue weighted by molar-refractivity contribution is 5.91. The second kappa shape index (κ2) is 8.20. The van der Waals surface area contributed by atoms with Crippen molar-refractivity contribution in [3.05, 3.63) is 51.6 Å². The van der Waals surface area contributed by atoms with Gasteiger partial charge in [-0.05, 0) is 50.8 Å². The SMILES string of the molecule is Cc1nc(=O)[nH]c(C)c1CCC(=O)N[C@H]1CCCN(C(=O)c2ccco2)C1. The zero-order valence-electron chi connectivity index (χ0n) is 15.6. The molecule has 8 nitrogen and oxygen atoms in total. The molecule has 0 spiro atoms. The second-order valence-electron chi connectivity index (χ2n) is 6.87. The number of piperidine rings is 1. The molecule has 1 aliphatic rings. The van der Waals surface area contributed by atoms with Crippen LogP contribution in [0.25, 0.3) is 0 Å². The topological polar surface area (TPSA) is 108 Å². The fourth-order valence-electron chi connectivity index (χ4n) is 3.50. The molecule has 0 aliphatic carbocycles. The van der Waals surface area contributed by atoms with E-state index in [4.69, 9.17) is 4.42 Å². The lowest BCUT2D eigenvalue weighted by Crippen LogP contribution is -2.49. The minimum atomic E-state index is -0.373. The Balaban J connectivity index is 1.53. The number of amides is 2. The molecule has 144 valence electrons. The first-order valence-electron chi connectivity index (χ1n) is 9.12. The number of furan rings is 1. The molecule has 2 N–H and O–H groups in total. The van der Waals surface area contributed by atoms with Crippen LogP contribution in [0.15, 0.2) is 27.6 Å². The minimum absolute atomic E-state index is 0.0685. The molecule has 3 heterocycles. The highest BCUT2D eigenvalue weighted by atomic mass is 16.3. The molecule has 2 aromatic rings. The van der Waals surface area contributed by atoms with Crippen molar-refractivity contribution in [2.75, 3.05) is 13.1 Å². The molecule has 2 amide bonds. The van der Waals surface area contributed by atoms with E-state index in [1.165, 1.54) is 6.26 Å². The molecule has 1 fully saturated rings. The number of carbonyl (C=O) groups excluding carboxylic acids is 2. The molecule has 0 radical (unpaired) electrons. The second-order valence-corrected chi connectivity index (χ2v) is 6.87. The normalized spacial score (nSPS) is 17.0. The Kier molecular flexibility index (Phi) is 5.73. The van der Waals surface area contributed by atoms with E-state index in [1.54, 1.807) is 24.0 Å². The van der Waals surface area contributed by atoms with Gasteiger partial charge in [-0.2, -0.15) is 4.98 Å². The maximum atomic E-state index is 12.4. The van der Waals surface area contributed by atoms with Gasteiger partial charge < -0.3 is 19.6 Å². The fourth-order valence-corrected chi connectivity index (χ4v) is 3.50. The van der Waals surface area contributed by atoms with E-state index in [9.17, 15) is 14.4 Å². The quantitative estimate of drug-likeness (QED) is 0.823. The third-order valence-corrected chi connectivity index (χ3v) is 4.86. The van der Waals surface area contributed by atoms with Gasteiger partial charge in [0.25, 0.3) is 5.91 Å². The van der Waals surface area contributed by atoms with E-state index >= 15 is 0 Å². The average Bonchev–Trinajstić information content (AvgIpc) is 3.15. The van der Waals surface area contributed by atoms with Crippen LogP contribution in [-0.2, 0) is 11.2 Å². The lowest BCUT2D eigenvalue weighted by molar-refractivity contribution is -0.122. The van der Waals surface area contributed by atoms with E-state index in [2.05, 4.69) is 15.3 Å². The zero-order chi connectivity index (χ0) is 19.4. The first-order valence-corrected chi connectivity index (χ1v) is 9.12. The summed E-state index contributed by atoms with van der Waals surface area (Å²) >= 11 is 0. The molecule has 1 atom stereocenters. The summed E-state index contributed by atoms with van der Waals surface area (Å²) in [5.74, 6) is 0.0975. The van der Waals surface area contributed by atoms with Crippen LogP contribution in [0.2, 0.25) is 0 Å². The Morgan fingerprint density at radius 2 is 2.22 bits per heavy atom. The van der Waals surface area contributed by atoms with Crippen LogP contribution in [0, 0.1) is 13.8 Å². The van der Waals surface area contributed by atoms with Gasteiger partial charge in [0.15, 0.2) is 5.76 Å². The predicted molar refractivity (Wildman–Crippen MR) is 98.4 cm³/mol. The van der Waals surface area contributed by atoms with Crippen molar-refractivity contribution in [1.82, 2.24) is 20.2 Å². The average molecular weight is 372 g/mol. The minimum Gasteiger partial charge on any atom is -0.459 e. The van der Waals surface area contributed by atoms with Gasteiger partial charge in [-0.3, -0.25) is 9.59 Å². The Hall–Kier alpha value is -2.90. The van der Waals surface area contributed by atoms with Gasteiger partial charge in [-0.15, -0.1) is 0 Å². The number of aromatic nitrogens is 2. The van der Waals surface area contributed by atoms with Crippen LogP contribution in [0.4, 0.5) is 0 Å². The van der Waals surface area contributed by atoms with E-state index in [0.717, 1.165) is 24.1 Å². The Bertz CT molecular complexity index is 846. The van der Waals surface area contributed by atoms with Crippen LogP contribution in [-0.4, -0.2) is 45.8 Å². The van der Waals surface area contributed by atoms with Crippen LogP contribution in [0.5, 0.6) is 0 Å². The number of carbonyl (C=O) groups is 2. The Labute approximate surface area is 157 Å². The number of hydrogen-bond donors (Lipinski definition) is 2. The van der Waals surface area contributed by atoms with Crippen LogP contribution in [0.3, 0.4) is 0 Å². The molecule has 1 aliphatic heterocycles. The third kappa shape index (κ3) is 4.64. The summed E-state index contributed by atoms with van der Waals surface area (Å²) in [7, 11) is 0. The van der Waals surface area contributed by atoms with Crippen molar-refractivity contribution >= 4 is 11.8 Å². The molecule has 0 unspecified atom stereocenters. The van der Waals surface area contributed by atoms with Gasteiger partial charge in [-0.25, -0.2) is 4.79 Å². The van der Waals surface area contributed by atoms with E-state index in [0.29, 0.717) is 37.4 Å². The number of nitrogens with zero attached hydrogens (tertiary/aromatic N) is 2. The standard InChI is InChI=1S/C19H24N4O4/c1-12-15(13(2)21-19(26)20-12)7-8-17(24)22-14-5-3-9-23(11-14)18(25)16-6-4-10-27-16/h4,6,10,14H,3,5,7-9,11H2,1-2H3,(H,22,24)(H,20,21,26)/t14-/m0/s1. The summed E-state index contributed by atoms with van der Waals surface area (Å²) < 4.78 is 5.17. The summed E-state index contributed by atoms with van der Waals surface area (Å²) in [6.45, 7) is 4.72. The molecule has 2 aromatic heterocycles. The molecule has 0 bridgehead atoms. The number of aromatic amines is 1. The fraction of sp³-hybridized carbons (Fsp3) is 0.474. The highest BCUT2D eigenvalue weighted by Crippen LogP contribution is 2.15. The molecule has 0 aromatic carbocycles. The number of hydrogen-bond acceptors (Lipinski definition) is 5. The van der Waals surface area contributed by atoms with Crippen LogP contribution in [0.1, 0.15) is 46.8 Å². The molecule has 3 rings (SSSR count). The molecule has 1 saturated heterocycles. The first-order chi connectivity index (χ1) is 12.9.